The monoisotopic (exact) mass is 297 g/mol. The van der Waals surface area contributed by atoms with Gasteiger partial charge in [-0.2, -0.15) is 0 Å². The van der Waals surface area contributed by atoms with Gasteiger partial charge in [-0.15, -0.1) is 0 Å². The molecule has 4 unspecified atom stereocenters. The first kappa shape index (κ1) is 15.8. The van der Waals surface area contributed by atoms with E-state index >= 15 is 0 Å². The molecule has 3 heteroatoms. The third-order valence-electron chi connectivity index (χ3n) is 5.03. The van der Waals surface area contributed by atoms with Crippen LogP contribution in [0.2, 0.25) is 5.02 Å². The van der Waals surface area contributed by atoms with Crippen molar-refractivity contribution in [2.75, 3.05) is 7.05 Å². The van der Waals surface area contributed by atoms with Gasteiger partial charge in [0.2, 0.25) is 0 Å². The fourth-order valence-electron chi connectivity index (χ4n) is 3.38. The summed E-state index contributed by atoms with van der Waals surface area (Å²) in [6.45, 7) is 4.71. The smallest absolute Gasteiger partial charge is 0.124 e. The zero-order valence-corrected chi connectivity index (χ0v) is 13.4. The van der Waals surface area contributed by atoms with Crippen LogP contribution in [0, 0.1) is 23.6 Å². The van der Waals surface area contributed by atoms with Gasteiger partial charge in [0.25, 0.3) is 0 Å². The molecule has 1 aromatic rings. The molecule has 0 heterocycles. The summed E-state index contributed by atoms with van der Waals surface area (Å²) in [6.07, 6.45) is 4.73. The molecule has 0 bridgehead atoms. The Balaban J connectivity index is 2.05. The Morgan fingerprint density at radius 3 is 2.65 bits per heavy atom. The summed E-state index contributed by atoms with van der Waals surface area (Å²) in [4.78, 5) is 0. The van der Waals surface area contributed by atoms with Crippen LogP contribution in [-0.4, -0.2) is 13.1 Å². The Kier molecular flexibility index (Phi) is 5.45. The molecule has 1 saturated carbocycles. The summed E-state index contributed by atoms with van der Waals surface area (Å²) in [5.74, 6) is 2.04. The molecule has 0 aromatic heterocycles. The van der Waals surface area contributed by atoms with Crippen molar-refractivity contribution in [3.05, 3.63) is 34.6 Å². The van der Waals surface area contributed by atoms with Gasteiger partial charge in [0, 0.05) is 11.1 Å². The molecule has 0 radical (unpaired) electrons. The second-order valence-corrected chi connectivity index (χ2v) is 6.77. The molecule has 1 aliphatic rings. The molecule has 0 spiro atoms. The first-order valence-corrected chi connectivity index (χ1v) is 8.00. The van der Waals surface area contributed by atoms with Crippen molar-refractivity contribution >= 4 is 11.6 Å². The van der Waals surface area contributed by atoms with Crippen LogP contribution in [0.1, 0.15) is 38.7 Å². The van der Waals surface area contributed by atoms with Crippen LogP contribution in [0.15, 0.2) is 18.2 Å². The van der Waals surface area contributed by atoms with Gasteiger partial charge in [-0.1, -0.05) is 37.9 Å². The molecule has 0 saturated heterocycles. The van der Waals surface area contributed by atoms with Gasteiger partial charge < -0.3 is 5.32 Å². The highest BCUT2D eigenvalue weighted by Gasteiger charge is 2.29. The number of likely N-dealkylation sites (N-methyl/N-ethyl adjacent to an activating group) is 1. The predicted molar refractivity (Wildman–Crippen MR) is 83.6 cm³/mol. The average molecular weight is 298 g/mol. The molecule has 112 valence electrons. The summed E-state index contributed by atoms with van der Waals surface area (Å²) in [5.41, 5.74) is 1.04. The molecular weight excluding hydrogens is 273 g/mol. The summed E-state index contributed by atoms with van der Waals surface area (Å²) >= 11 is 6.15. The number of halogens is 2. The quantitative estimate of drug-likeness (QED) is 0.851. The van der Waals surface area contributed by atoms with E-state index < -0.39 is 0 Å². The van der Waals surface area contributed by atoms with Crippen LogP contribution in [0.3, 0.4) is 0 Å². The SMILES string of the molecule is CNC(Cc1ccc(F)cc1Cl)C1CCC(C)C(C)C1. The maximum atomic E-state index is 13.1. The van der Waals surface area contributed by atoms with Gasteiger partial charge in [-0.05, 0) is 61.8 Å². The zero-order chi connectivity index (χ0) is 14.7. The largest absolute Gasteiger partial charge is 0.316 e. The summed E-state index contributed by atoms with van der Waals surface area (Å²) in [5, 5.41) is 3.99. The van der Waals surface area contributed by atoms with Gasteiger partial charge in [-0.25, -0.2) is 4.39 Å². The van der Waals surface area contributed by atoms with E-state index in [1.54, 1.807) is 0 Å². The van der Waals surface area contributed by atoms with E-state index in [0.717, 1.165) is 23.8 Å². The average Bonchev–Trinajstić information content (AvgIpc) is 2.41. The van der Waals surface area contributed by atoms with Crippen LogP contribution in [0.4, 0.5) is 4.39 Å². The van der Waals surface area contributed by atoms with E-state index in [1.807, 2.05) is 13.1 Å². The first-order valence-electron chi connectivity index (χ1n) is 7.62. The van der Waals surface area contributed by atoms with Crippen molar-refractivity contribution in [1.82, 2.24) is 5.32 Å². The second-order valence-electron chi connectivity index (χ2n) is 6.36. The van der Waals surface area contributed by atoms with Crippen molar-refractivity contribution in [3.63, 3.8) is 0 Å². The minimum absolute atomic E-state index is 0.264. The van der Waals surface area contributed by atoms with E-state index in [0.29, 0.717) is 17.0 Å². The standard InChI is InChI=1S/C17H25ClFN/c1-11-4-5-14(8-12(11)2)17(20-3)9-13-6-7-15(19)10-16(13)18/h6-7,10-12,14,17,20H,4-5,8-9H2,1-3H3. The maximum Gasteiger partial charge on any atom is 0.124 e. The Hall–Kier alpha value is -0.600. The minimum atomic E-state index is -0.264. The highest BCUT2D eigenvalue weighted by Crippen LogP contribution is 2.36. The molecule has 1 aliphatic carbocycles. The van der Waals surface area contributed by atoms with Crippen LogP contribution in [0.5, 0.6) is 0 Å². The molecule has 2 rings (SSSR count). The lowest BCUT2D eigenvalue weighted by molar-refractivity contribution is 0.173. The lowest BCUT2D eigenvalue weighted by Gasteiger charge is -2.37. The van der Waals surface area contributed by atoms with E-state index in [4.69, 9.17) is 11.6 Å². The maximum absolute atomic E-state index is 13.1. The zero-order valence-electron chi connectivity index (χ0n) is 12.6. The molecular formula is C17H25ClFN. The molecule has 1 fully saturated rings. The summed E-state index contributed by atoms with van der Waals surface area (Å²) in [7, 11) is 2.02. The normalized spacial score (nSPS) is 28.4. The predicted octanol–water partition coefficient (Wildman–Crippen LogP) is 4.68. The fraction of sp³-hybridized carbons (Fsp3) is 0.647. The molecule has 20 heavy (non-hydrogen) atoms. The third-order valence-corrected chi connectivity index (χ3v) is 5.39. The van der Waals surface area contributed by atoms with Crippen molar-refractivity contribution in [2.45, 2.75) is 45.6 Å². The molecule has 0 amide bonds. The van der Waals surface area contributed by atoms with Gasteiger partial charge in [0.1, 0.15) is 5.82 Å². The Morgan fingerprint density at radius 2 is 2.05 bits per heavy atom. The second kappa shape index (κ2) is 6.91. The van der Waals surface area contributed by atoms with E-state index in [9.17, 15) is 4.39 Å². The number of nitrogens with one attached hydrogen (secondary N) is 1. The van der Waals surface area contributed by atoms with Gasteiger partial charge in [-0.3, -0.25) is 0 Å². The first-order chi connectivity index (χ1) is 9.51. The van der Waals surface area contributed by atoms with E-state index in [-0.39, 0.29) is 5.82 Å². The number of benzene rings is 1. The summed E-state index contributed by atoms with van der Waals surface area (Å²) < 4.78 is 13.1. The fourth-order valence-corrected chi connectivity index (χ4v) is 3.63. The van der Waals surface area contributed by atoms with Crippen LogP contribution < -0.4 is 5.32 Å². The lowest BCUT2D eigenvalue weighted by Crippen LogP contribution is -2.39. The van der Waals surface area contributed by atoms with Crippen molar-refractivity contribution in [2.24, 2.45) is 17.8 Å². The van der Waals surface area contributed by atoms with Crippen LogP contribution in [0.25, 0.3) is 0 Å². The van der Waals surface area contributed by atoms with Crippen LogP contribution in [-0.2, 0) is 6.42 Å². The highest BCUT2D eigenvalue weighted by molar-refractivity contribution is 6.31. The summed E-state index contributed by atoms with van der Waals surface area (Å²) in [6, 6.07) is 5.15. The lowest BCUT2D eigenvalue weighted by atomic mass is 9.72. The van der Waals surface area contributed by atoms with Crippen molar-refractivity contribution in [3.8, 4) is 0 Å². The van der Waals surface area contributed by atoms with E-state index in [2.05, 4.69) is 19.2 Å². The van der Waals surface area contributed by atoms with Crippen molar-refractivity contribution in [1.29, 1.82) is 0 Å². The number of hydrogen-bond acceptors (Lipinski definition) is 1. The highest BCUT2D eigenvalue weighted by atomic mass is 35.5. The topological polar surface area (TPSA) is 12.0 Å². The van der Waals surface area contributed by atoms with Gasteiger partial charge in [0.05, 0.1) is 0 Å². The Labute approximate surface area is 126 Å². The van der Waals surface area contributed by atoms with E-state index in [1.165, 1.54) is 31.4 Å². The molecule has 0 aliphatic heterocycles. The Morgan fingerprint density at radius 1 is 1.30 bits per heavy atom. The number of hydrogen-bond donors (Lipinski definition) is 1. The molecule has 1 N–H and O–H groups in total. The minimum Gasteiger partial charge on any atom is -0.316 e. The Bertz CT molecular complexity index is 449. The molecule has 4 atom stereocenters. The third kappa shape index (κ3) is 3.73. The van der Waals surface area contributed by atoms with Gasteiger partial charge in [0.15, 0.2) is 0 Å². The van der Waals surface area contributed by atoms with Crippen LogP contribution >= 0.6 is 11.6 Å². The van der Waals surface area contributed by atoms with Gasteiger partial charge >= 0.3 is 0 Å². The molecule has 1 aromatic carbocycles. The number of rotatable bonds is 4. The molecule has 1 nitrogen and oxygen atoms in total. The van der Waals surface area contributed by atoms with Crippen molar-refractivity contribution < 1.29 is 4.39 Å².